The van der Waals surface area contributed by atoms with Crippen LogP contribution in [-0.4, -0.2) is 84.0 Å². The first-order valence-corrected chi connectivity index (χ1v) is 12.5. The Morgan fingerprint density at radius 1 is 1.05 bits per heavy atom. The first-order valence-electron chi connectivity index (χ1n) is 12.1. The van der Waals surface area contributed by atoms with E-state index < -0.39 is 18.2 Å². The predicted octanol–water partition coefficient (Wildman–Crippen LogP) is 3.88. The van der Waals surface area contributed by atoms with E-state index in [1.54, 1.807) is 35.5 Å². The first-order chi connectivity index (χ1) is 19.5. The minimum atomic E-state index is -5.08. The maximum Gasteiger partial charge on any atom is 0.490 e. The largest absolute Gasteiger partial charge is 0.492 e. The molecule has 1 heterocycles. The van der Waals surface area contributed by atoms with E-state index in [-0.39, 0.29) is 32.3 Å². The molecule has 0 aliphatic carbocycles. The van der Waals surface area contributed by atoms with Crippen molar-refractivity contribution in [2.45, 2.75) is 12.3 Å². The van der Waals surface area contributed by atoms with Crippen LogP contribution in [0.4, 0.5) is 24.5 Å². The molecule has 2 aromatic carbocycles. The standard InChI is InChI=1S/C25H28ClN3O5.C2HF3O2/c26-20-14-19(15-24(16-20)34-12-10-28-21-6-8-27-9-7-21)25(32)29(22-4-2-1-3-5-22)11-13-33-18-23(31)17-30;3-2(4,5)1(6)7/h1-9,14-16,23,30-31H,10-13,17-18H2,(H,27,28);(H,6,7). The molecule has 1 unspecified atom stereocenters. The fourth-order valence-electron chi connectivity index (χ4n) is 3.14. The van der Waals surface area contributed by atoms with E-state index in [9.17, 15) is 23.1 Å². The lowest BCUT2D eigenvalue weighted by atomic mass is 10.1. The number of rotatable bonds is 13. The predicted molar refractivity (Wildman–Crippen MR) is 145 cm³/mol. The van der Waals surface area contributed by atoms with Crippen molar-refractivity contribution in [1.82, 2.24) is 4.98 Å². The number of para-hydroxylation sites is 1. The number of amides is 1. The number of nitrogens with zero attached hydrogens (tertiary/aromatic N) is 2. The Kier molecular flexibility index (Phi) is 13.8. The van der Waals surface area contributed by atoms with Crippen LogP contribution < -0.4 is 15.0 Å². The Morgan fingerprint density at radius 3 is 2.32 bits per heavy atom. The van der Waals surface area contributed by atoms with Gasteiger partial charge in [-0.25, -0.2) is 4.79 Å². The van der Waals surface area contributed by atoms with Gasteiger partial charge in [0.2, 0.25) is 0 Å². The van der Waals surface area contributed by atoms with Crippen molar-refractivity contribution in [3.8, 4) is 5.75 Å². The summed E-state index contributed by atoms with van der Waals surface area (Å²) in [4.78, 5) is 27.8. The van der Waals surface area contributed by atoms with E-state index in [2.05, 4.69) is 10.3 Å². The second-order valence-electron chi connectivity index (χ2n) is 8.19. The van der Waals surface area contributed by atoms with Gasteiger partial charge in [0.15, 0.2) is 0 Å². The maximum atomic E-state index is 13.4. The number of carbonyl (C=O) groups is 2. The van der Waals surface area contributed by atoms with Crippen molar-refractivity contribution in [2.75, 3.05) is 49.7 Å². The second kappa shape index (κ2) is 17.0. The fraction of sp³-hybridized carbons (Fsp3) is 0.296. The third-order valence-electron chi connectivity index (χ3n) is 5.03. The number of carbonyl (C=O) groups excluding carboxylic acids is 1. The molecule has 0 aliphatic rings. The van der Waals surface area contributed by atoms with Gasteiger partial charge in [0.1, 0.15) is 18.5 Å². The van der Waals surface area contributed by atoms with Gasteiger partial charge >= 0.3 is 12.1 Å². The number of hydrogen-bond donors (Lipinski definition) is 4. The van der Waals surface area contributed by atoms with Crippen LogP contribution in [0.15, 0.2) is 73.1 Å². The molecule has 1 atom stereocenters. The summed E-state index contributed by atoms with van der Waals surface area (Å²) in [5.41, 5.74) is 2.01. The van der Waals surface area contributed by atoms with E-state index in [1.807, 2.05) is 42.5 Å². The monoisotopic (exact) mass is 599 g/mol. The molecule has 1 aromatic heterocycles. The number of anilines is 2. The van der Waals surface area contributed by atoms with Crippen LogP contribution >= 0.6 is 11.6 Å². The lowest BCUT2D eigenvalue weighted by molar-refractivity contribution is -0.192. The van der Waals surface area contributed by atoms with E-state index in [0.29, 0.717) is 35.2 Å². The molecule has 4 N–H and O–H groups in total. The van der Waals surface area contributed by atoms with Crippen molar-refractivity contribution in [3.63, 3.8) is 0 Å². The van der Waals surface area contributed by atoms with E-state index in [1.165, 1.54) is 0 Å². The molecule has 0 saturated heterocycles. The molecule has 0 saturated carbocycles. The first kappa shape index (κ1) is 33.3. The van der Waals surface area contributed by atoms with Gasteiger partial charge in [-0.2, -0.15) is 13.2 Å². The highest BCUT2D eigenvalue weighted by Gasteiger charge is 2.38. The SMILES string of the molecule is O=C(O)C(F)(F)F.O=C(c1cc(Cl)cc(OCCNc2ccncc2)c1)N(CCOCC(O)CO)c1ccccc1. The molecule has 0 bridgehead atoms. The number of aliphatic hydroxyl groups is 2. The Balaban J connectivity index is 0.000000745. The molecular formula is C27H29ClF3N3O7. The van der Waals surface area contributed by atoms with E-state index in [4.69, 9.17) is 36.1 Å². The Morgan fingerprint density at radius 2 is 1.71 bits per heavy atom. The Labute approximate surface area is 238 Å². The molecule has 0 fully saturated rings. The molecule has 222 valence electrons. The van der Waals surface area contributed by atoms with Gasteiger partial charge in [-0.05, 0) is 42.5 Å². The van der Waals surface area contributed by atoms with Crippen LogP contribution in [0, 0.1) is 0 Å². The van der Waals surface area contributed by atoms with Gasteiger partial charge in [-0.3, -0.25) is 9.78 Å². The van der Waals surface area contributed by atoms with Gasteiger partial charge in [0.05, 0.1) is 19.8 Å². The molecule has 0 radical (unpaired) electrons. The van der Waals surface area contributed by atoms with E-state index >= 15 is 0 Å². The second-order valence-corrected chi connectivity index (χ2v) is 8.63. The topological polar surface area (TPSA) is 141 Å². The molecule has 1 amide bonds. The van der Waals surface area contributed by atoms with Crippen molar-refractivity contribution < 1.29 is 47.6 Å². The number of alkyl halides is 3. The highest BCUT2D eigenvalue weighted by atomic mass is 35.5. The molecule has 41 heavy (non-hydrogen) atoms. The molecule has 0 aliphatic heterocycles. The van der Waals surface area contributed by atoms with Crippen LogP contribution in [0.2, 0.25) is 5.02 Å². The number of carboxylic acid groups (broad SMARTS) is 1. The average Bonchev–Trinajstić information content (AvgIpc) is 2.95. The zero-order valence-electron chi connectivity index (χ0n) is 21.6. The van der Waals surface area contributed by atoms with Crippen molar-refractivity contribution in [2.24, 2.45) is 0 Å². The number of hydrogen-bond acceptors (Lipinski definition) is 8. The number of carboxylic acids is 1. The number of benzene rings is 2. The molecule has 3 aromatic rings. The minimum absolute atomic E-state index is 0.0179. The highest BCUT2D eigenvalue weighted by molar-refractivity contribution is 6.31. The molecule has 3 rings (SSSR count). The Hall–Kier alpha value is -3.91. The number of halogens is 4. The van der Waals surface area contributed by atoms with Crippen molar-refractivity contribution >= 4 is 34.9 Å². The summed E-state index contributed by atoms with van der Waals surface area (Å²) in [6, 6.07) is 17.8. The molecule has 14 heteroatoms. The van der Waals surface area contributed by atoms with Crippen molar-refractivity contribution in [1.29, 1.82) is 0 Å². The summed E-state index contributed by atoms with van der Waals surface area (Å²) in [6.07, 6.45) is -2.63. The van der Waals surface area contributed by atoms with Crippen LogP contribution in [0.1, 0.15) is 10.4 Å². The summed E-state index contributed by atoms with van der Waals surface area (Å²) < 4.78 is 43.0. The van der Waals surface area contributed by atoms with Gasteiger partial charge in [-0.15, -0.1) is 0 Å². The molecule has 10 nitrogen and oxygen atoms in total. The zero-order chi connectivity index (χ0) is 30.3. The average molecular weight is 600 g/mol. The van der Waals surface area contributed by atoms with Gasteiger partial charge < -0.3 is 35.0 Å². The highest BCUT2D eigenvalue weighted by Crippen LogP contribution is 2.24. The summed E-state index contributed by atoms with van der Waals surface area (Å²) in [5.74, 6) is -2.53. The van der Waals surface area contributed by atoms with Crippen LogP contribution in [0.3, 0.4) is 0 Å². The summed E-state index contributed by atoms with van der Waals surface area (Å²) in [7, 11) is 0. The fourth-order valence-corrected chi connectivity index (χ4v) is 3.37. The lowest BCUT2D eigenvalue weighted by Gasteiger charge is -2.23. The number of nitrogens with one attached hydrogen (secondary N) is 1. The molecule has 0 spiro atoms. The van der Waals surface area contributed by atoms with Crippen LogP contribution in [0.25, 0.3) is 0 Å². The van der Waals surface area contributed by atoms with E-state index in [0.717, 1.165) is 5.69 Å². The number of pyridine rings is 1. The number of aromatic nitrogens is 1. The quantitative estimate of drug-likeness (QED) is 0.215. The summed E-state index contributed by atoms with van der Waals surface area (Å²) in [6.45, 7) is 0.968. The third-order valence-corrected chi connectivity index (χ3v) is 5.25. The maximum absolute atomic E-state index is 13.4. The smallest absolute Gasteiger partial charge is 0.490 e. The third kappa shape index (κ3) is 12.4. The van der Waals surface area contributed by atoms with Gasteiger partial charge in [0, 0.05) is 47.4 Å². The number of ether oxygens (including phenoxy) is 2. The van der Waals surface area contributed by atoms with Crippen molar-refractivity contribution in [3.05, 3.63) is 83.6 Å². The lowest BCUT2D eigenvalue weighted by Crippen LogP contribution is -2.35. The number of aliphatic hydroxyl groups excluding tert-OH is 2. The number of aliphatic carboxylic acids is 1. The minimum Gasteiger partial charge on any atom is -0.492 e. The normalized spacial score (nSPS) is 11.6. The van der Waals surface area contributed by atoms with Gasteiger partial charge in [0.25, 0.3) is 5.91 Å². The van der Waals surface area contributed by atoms with Crippen LogP contribution in [0.5, 0.6) is 5.75 Å². The summed E-state index contributed by atoms with van der Waals surface area (Å²) in [5, 5.41) is 29.1. The molecular weight excluding hydrogens is 571 g/mol. The zero-order valence-corrected chi connectivity index (χ0v) is 22.4. The Bertz CT molecular complexity index is 1220. The van der Waals surface area contributed by atoms with Crippen LogP contribution in [-0.2, 0) is 9.53 Å². The summed E-state index contributed by atoms with van der Waals surface area (Å²) >= 11 is 6.28. The van der Waals surface area contributed by atoms with Gasteiger partial charge in [-0.1, -0.05) is 29.8 Å².